The molecule has 2 aromatic heterocycles. The van der Waals surface area contributed by atoms with Crippen LogP contribution >= 0.6 is 11.3 Å². The zero-order valence-corrected chi connectivity index (χ0v) is 13.0. The average Bonchev–Trinajstić information content (AvgIpc) is 3.06. The summed E-state index contributed by atoms with van der Waals surface area (Å²) >= 11 is 1.33. The molecule has 0 aliphatic rings. The highest BCUT2D eigenvalue weighted by Crippen LogP contribution is 2.31. The number of thiazole rings is 1. The van der Waals surface area contributed by atoms with Crippen LogP contribution < -0.4 is 10.1 Å². The van der Waals surface area contributed by atoms with Crippen molar-refractivity contribution >= 4 is 33.6 Å². The van der Waals surface area contributed by atoms with Crippen molar-refractivity contribution in [3.05, 3.63) is 45.5 Å². The molecule has 0 fully saturated rings. The molecule has 0 bridgehead atoms. The van der Waals surface area contributed by atoms with E-state index in [9.17, 15) is 10.1 Å². The second-order valence-electron chi connectivity index (χ2n) is 4.77. The van der Waals surface area contributed by atoms with Gasteiger partial charge in [-0.2, -0.15) is 9.38 Å². The van der Waals surface area contributed by atoms with Gasteiger partial charge in [0.15, 0.2) is 0 Å². The highest BCUT2D eigenvalue weighted by molar-refractivity contribution is 7.15. The number of aryl methyl sites for hydroxylation is 1. The predicted octanol–water partition coefficient (Wildman–Crippen LogP) is 2.73. The van der Waals surface area contributed by atoms with E-state index in [2.05, 4.69) is 10.3 Å². The van der Waals surface area contributed by atoms with Gasteiger partial charge in [-0.3, -0.25) is 0 Å². The van der Waals surface area contributed by atoms with Crippen LogP contribution in [0, 0.1) is 17.0 Å². The first kappa shape index (κ1) is 15.3. The van der Waals surface area contributed by atoms with Crippen molar-refractivity contribution in [1.29, 1.82) is 0 Å². The summed E-state index contributed by atoms with van der Waals surface area (Å²) in [6.07, 6.45) is 1.62. The molecule has 9 heteroatoms. The summed E-state index contributed by atoms with van der Waals surface area (Å²) in [6, 6.07) is 5.30. The molecule has 3 rings (SSSR count). The lowest BCUT2D eigenvalue weighted by molar-refractivity contribution is -0.389. The minimum Gasteiger partial charge on any atom is -0.491 e. The Morgan fingerprint density at radius 1 is 1.52 bits per heavy atom. The third-order valence-corrected chi connectivity index (χ3v) is 3.95. The van der Waals surface area contributed by atoms with E-state index < -0.39 is 4.92 Å². The summed E-state index contributed by atoms with van der Waals surface area (Å²) in [7, 11) is 0. The van der Waals surface area contributed by atoms with Crippen LogP contribution in [0.3, 0.4) is 0 Å². The van der Waals surface area contributed by atoms with Gasteiger partial charge in [0.25, 0.3) is 4.96 Å². The molecule has 0 saturated carbocycles. The molecular formula is C14H14N4O4S. The summed E-state index contributed by atoms with van der Waals surface area (Å²) < 4.78 is 6.83. The Morgan fingerprint density at radius 2 is 2.35 bits per heavy atom. The lowest BCUT2D eigenvalue weighted by Gasteiger charge is -2.10. The molecule has 2 heterocycles. The van der Waals surface area contributed by atoms with Gasteiger partial charge < -0.3 is 25.3 Å². The number of nitrogens with one attached hydrogen (secondary N) is 1. The molecule has 3 aromatic rings. The monoisotopic (exact) mass is 334 g/mol. The second kappa shape index (κ2) is 6.23. The van der Waals surface area contributed by atoms with Gasteiger partial charge in [0.05, 0.1) is 6.61 Å². The lowest BCUT2D eigenvalue weighted by atomic mass is 10.2. The Morgan fingerprint density at radius 3 is 3.04 bits per heavy atom. The van der Waals surface area contributed by atoms with E-state index in [4.69, 9.17) is 9.84 Å². The molecule has 0 amide bonds. The summed E-state index contributed by atoms with van der Waals surface area (Å²) in [5.74, 6) is 0.759. The van der Waals surface area contributed by atoms with E-state index in [1.807, 2.05) is 13.0 Å². The van der Waals surface area contributed by atoms with Crippen molar-refractivity contribution < 1.29 is 14.8 Å². The fourth-order valence-corrected chi connectivity index (χ4v) is 2.92. The van der Waals surface area contributed by atoms with Gasteiger partial charge in [-0.25, -0.2) is 0 Å². The molecule has 120 valence electrons. The standard InChI is InChI=1S/C14H14N4O4S/c1-9-8-10(2-3-11(9)22-6-5-19)15-12-13(18(20)21)17-4-7-23-14(17)16-12/h2-4,7-8,15,19H,5-6H2,1H3. The van der Waals surface area contributed by atoms with Gasteiger partial charge in [-0.15, -0.1) is 0 Å². The number of fused-ring (bicyclic) bond motifs is 1. The van der Waals surface area contributed by atoms with Crippen molar-refractivity contribution in [2.45, 2.75) is 6.92 Å². The minimum absolute atomic E-state index is 0.0585. The number of anilines is 2. The average molecular weight is 334 g/mol. The molecule has 1 aromatic carbocycles. The molecular weight excluding hydrogens is 320 g/mol. The molecule has 0 atom stereocenters. The van der Waals surface area contributed by atoms with E-state index in [0.29, 0.717) is 16.4 Å². The normalized spacial score (nSPS) is 10.9. The largest absolute Gasteiger partial charge is 0.491 e. The molecule has 0 spiro atoms. The van der Waals surface area contributed by atoms with E-state index in [0.717, 1.165) is 5.56 Å². The summed E-state index contributed by atoms with van der Waals surface area (Å²) in [5, 5.41) is 24.8. The Labute approximate surface area is 135 Å². The maximum Gasteiger partial charge on any atom is 0.373 e. The van der Waals surface area contributed by atoms with Crippen LogP contribution in [-0.2, 0) is 0 Å². The third-order valence-electron chi connectivity index (χ3n) is 3.20. The highest BCUT2D eigenvalue weighted by atomic mass is 32.1. The fourth-order valence-electron chi connectivity index (χ4n) is 2.21. The zero-order valence-electron chi connectivity index (χ0n) is 12.2. The Balaban J connectivity index is 1.90. The number of nitro groups is 1. The predicted molar refractivity (Wildman–Crippen MR) is 86.8 cm³/mol. The number of hydrogen-bond acceptors (Lipinski definition) is 7. The fraction of sp³-hybridized carbons (Fsp3) is 0.214. The second-order valence-corrected chi connectivity index (χ2v) is 5.65. The van der Waals surface area contributed by atoms with Crippen molar-refractivity contribution in [2.75, 3.05) is 18.5 Å². The minimum atomic E-state index is -0.458. The quantitative estimate of drug-likeness (QED) is 0.531. The number of aromatic nitrogens is 2. The summed E-state index contributed by atoms with van der Waals surface area (Å²) in [5.41, 5.74) is 1.53. The van der Waals surface area contributed by atoms with Crippen LogP contribution in [0.4, 0.5) is 17.3 Å². The lowest BCUT2D eigenvalue weighted by Crippen LogP contribution is -2.03. The van der Waals surface area contributed by atoms with E-state index >= 15 is 0 Å². The molecule has 0 aliphatic heterocycles. The summed E-state index contributed by atoms with van der Waals surface area (Å²) in [6.45, 7) is 2.02. The molecule has 0 unspecified atom stereocenters. The number of hydrogen-bond donors (Lipinski definition) is 2. The molecule has 2 N–H and O–H groups in total. The van der Waals surface area contributed by atoms with Crippen molar-refractivity contribution in [3.63, 3.8) is 0 Å². The number of nitrogens with zero attached hydrogens (tertiary/aromatic N) is 3. The van der Waals surface area contributed by atoms with Gasteiger partial charge in [-0.05, 0) is 35.6 Å². The first-order valence-corrected chi connectivity index (χ1v) is 7.69. The van der Waals surface area contributed by atoms with Gasteiger partial charge in [0, 0.05) is 11.1 Å². The number of aliphatic hydroxyl groups excluding tert-OH is 1. The maximum atomic E-state index is 11.3. The van der Waals surface area contributed by atoms with Crippen LogP contribution in [-0.4, -0.2) is 32.6 Å². The Bertz CT molecular complexity index is 858. The smallest absolute Gasteiger partial charge is 0.373 e. The van der Waals surface area contributed by atoms with E-state index in [1.165, 1.54) is 15.7 Å². The highest BCUT2D eigenvalue weighted by Gasteiger charge is 2.23. The van der Waals surface area contributed by atoms with Crippen molar-refractivity contribution in [2.24, 2.45) is 0 Å². The topological polar surface area (TPSA) is 102 Å². The Kier molecular flexibility index (Phi) is 4.13. The maximum absolute atomic E-state index is 11.3. The van der Waals surface area contributed by atoms with Gasteiger partial charge >= 0.3 is 5.82 Å². The van der Waals surface area contributed by atoms with Crippen LogP contribution in [0.1, 0.15) is 5.56 Å². The number of ether oxygens (including phenoxy) is 1. The third kappa shape index (κ3) is 2.96. The van der Waals surface area contributed by atoms with Gasteiger partial charge in [0.2, 0.25) is 5.82 Å². The molecule has 0 aliphatic carbocycles. The van der Waals surface area contributed by atoms with Crippen LogP contribution in [0.15, 0.2) is 29.8 Å². The Hall–Kier alpha value is -2.65. The van der Waals surface area contributed by atoms with Crippen LogP contribution in [0.25, 0.3) is 4.96 Å². The number of aliphatic hydroxyl groups is 1. The summed E-state index contributed by atoms with van der Waals surface area (Å²) in [4.78, 5) is 15.6. The molecule has 23 heavy (non-hydrogen) atoms. The van der Waals surface area contributed by atoms with Gasteiger partial charge in [-0.1, -0.05) is 11.3 Å². The number of imidazole rings is 1. The van der Waals surface area contributed by atoms with Crippen LogP contribution in [0.2, 0.25) is 0 Å². The van der Waals surface area contributed by atoms with E-state index in [1.54, 1.807) is 23.7 Å². The molecule has 8 nitrogen and oxygen atoms in total. The first-order valence-electron chi connectivity index (χ1n) is 6.81. The van der Waals surface area contributed by atoms with Crippen LogP contribution in [0.5, 0.6) is 5.75 Å². The van der Waals surface area contributed by atoms with Crippen molar-refractivity contribution in [1.82, 2.24) is 9.38 Å². The van der Waals surface area contributed by atoms with Crippen molar-refractivity contribution in [3.8, 4) is 5.75 Å². The number of benzene rings is 1. The molecule has 0 saturated heterocycles. The first-order chi connectivity index (χ1) is 11.1. The SMILES string of the molecule is Cc1cc(Nc2nc3sccn3c2[N+](=O)[O-])ccc1OCCO. The molecule has 0 radical (unpaired) electrons. The van der Waals surface area contributed by atoms with E-state index in [-0.39, 0.29) is 24.8 Å². The number of rotatable bonds is 6. The zero-order chi connectivity index (χ0) is 16.4. The van der Waals surface area contributed by atoms with Gasteiger partial charge in [0.1, 0.15) is 18.6 Å².